The lowest BCUT2D eigenvalue weighted by Crippen LogP contribution is -2.46. The number of aliphatic hydroxyl groups is 1. The number of imidazole rings is 1. The predicted octanol–water partition coefficient (Wildman–Crippen LogP) is 4.65. The molecule has 0 aliphatic carbocycles. The van der Waals surface area contributed by atoms with Gasteiger partial charge in [0.25, 0.3) is 16.8 Å². The van der Waals surface area contributed by atoms with Crippen LogP contribution in [0.25, 0.3) is 5.69 Å². The van der Waals surface area contributed by atoms with E-state index in [1.807, 2.05) is 36.1 Å². The molecule has 3 heterocycles. The van der Waals surface area contributed by atoms with Crippen LogP contribution in [-0.4, -0.2) is 76.3 Å². The number of carbonyl (C=O) groups excluding carboxylic acids is 2. The summed E-state index contributed by atoms with van der Waals surface area (Å²) in [5.74, 6) is -0.431. The van der Waals surface area contributed by atoms with Crippen LogP contribution in [0.2, 0.25) is 0 Å². The number of hydrogen-bond donors (Lipinski definition) is 2. The number of aromatic nitrogens is 4. The summed E-state index contributed by atoms with van der Waals surface area (Å²) in [6, 6.07) is 14.4. The summed E-state index contributed by atoms with van der Waals surface area (Å²) in [6.45, 7) is 7.54. The van der Waals surface area contributed by atoms with Gasteiger partial charge in [0.1, 0.15) is 11.4 Å². The van der Waals surface area contributed by atoms with Gasteiger partial charge in [0.15, 0.2) is 5.69 Å². The summed E-state index contributed by atoms with van der Waals surface area (Å²) in [5, 5.41) is 15.4. The maximum atomic E-state index is 14.5. The van der Waals surface area contributed by atoms with E-state index in [0.29, 0.717) is 59.4 Å². The fourth-order valence-electron chi connectivity index (χ4n) is 5.74. The largest absolute Gasteiger partial charge is 0.587 e. The second-order valence-corrected chi connectivity index (χ2v) is 13.0. The average Bonchev–Trinajstić information content (AvgIpc) is 3.68. The van der Waals surface area contributed by atoms with Crippen molar-refractivity contribution in [3.8, 4) is 5.69 Å². The number of benzene rings is 2. The van der Waals surface area contributed by atoms with Crippen LogP contribution >= 0.6 is 0 Å². The highest BCUT2D eigenvalue weighted by Crippen LogP contribution is 2.29. The van der Waals surface area contributed by atoms with Crippen LogP contribution in [-0.2, 0) is 31.4 Å². The molecule has 1 aliphatic heterocycles. The van der Waals surface area contributed by atoms with E-state index < -0.39 is 17.4 Å². The zero-order valence-electron chi connectivity index (χ0n) is 27.0. The van der Waals surface area contributed by atoms with Crippen molar-refractivity contribution in [2.45, 2.75) is 70.5 Å². The monoisotopic (exact) mass is 645 g/mol. The topological polar surface area (TPSA) is 132 Å². The van der Waals surface area contributed by atoms with E-state index in [-0.39, 0.29) is 18.4 Å². The number of aryl methyl sites for hydroxylation is 2. The second kappa shape index (κ2) is 15.0. The van der Waals surface area contributed by atoms with Crippen LogP contribution < -0.4 is 4.72 Å². The van der Waals surface area contributed by atoms with Gasteiger partial charge in [0.2, 0.25) is 0 Å². The Kier molecular flexibility index (Phi) is 10.8. The Morgan fingerprint density at radius 3 is 2.46 bits per heavy atom. The van der Waals surface area contributed by atoms with Crippen LogP contribution in [0.15, 0.2) is 66.1 Å². The van der Waals surface area contributed by atoms with Crippen LogP contribution in [0.4, 0.5) is 5.69 Å². The number of fused-ring (bicyclic) bond motifs is 1. The molecule has 2 amide bonds. The molecule has 2 aromatic carbocycles. The molecule has 1 aliphatic rings. The number of rotatable bonds is 13. The number of nitrogens with zero attached hydrogens (tertiary/aromatic N) is 6. The van der Waals surface area contributed by atoms with Gasteiger partial charge in [-0.15, -0.1) is 0 Å². The van der Waals surface area contributed by atoms with E-state index in [0.717, 1.165) is 36.8 Å². The van der Waals surface area contributed by atoms with E-state index in [4.69, 9.17) is 5.10 Å². The minimum absolute atomic E-state index is 0.131. The quantitative estimate of drug-likeness (QED) is 0.202. The zero-order valence-corrected chi connectivity index (χ0v) is 27.8. The number of unbranched alkanes of at least 4 members (excludes halogenated alkanes) is 2. The van der Waals surface area contributed by atoms with Crippen molar-refractivity contribution in [1.29, 1.82) is 0 Å². The van der Waals surface area contributed by atoms with Gasteiger partial charge in [-0.1, -0.05) is 51.0 Å². The third-order valence-corrected chi connectivity index (χ3v) is 9.33. The fraction of sp³-hybridized carbons (Fsp3) is 0.412. The fourth-order valence-corrected chi connectivity index (χ4v) is 6.59. The van der Waals surface area contributed by atoms with Gasteiger partial charge >= 0.3 is 0 Å². The standard InChI is InChI=1S/C34H43N7O4S/c1-5-7-15-39(16-8-6-2)34(44)30-17-24(3)41(36-30)31-14-13-27(37-46(45)32-21-38(4)23-35-32)19-29(31)33(43)40-20-26-12-10-9-11-25(26)18-28(40)22-42/h9-14,17,19,21,23,28,37,42H,5-8,15-16,18,20,22H2,1-4H3/t28-,46?/m0/s1. The Morgan fingerprint density at radius 2 is 1.80 bits per heavy atom. The summed E-state index contributed by atoms with van der Waals surface area (Å²) in [7, 11) is 1.80. The molecular formula is C34H43N7O4S. The number of carbonyl (C=O) groups is 2. The van der Waals surface area contributed by atoms with E-state index in [1.165, 1.54) is 0 Å². The smallest absolute Gasteiger partial charge is 0.289 e. The molecule has 0 fully saturated rings. The molecular weight excluding hydrogens is 602 g/mol. The summed E-state index contributed by atoms with van der Waals surface area (Å²) in [4.78, 5) is 35.8. The summed E-state index contributed by atoms with van der Waals surface area (Å²) in [6.07, 6.45) is 7.55. The van der Waals surface area contributed by atoms with Crippen molar-refractivity contribution in [3.63, 3.8) is 0 Å². The molecule has 0 saturated heterocycles. The van der Waals surface area contributed by atoms with Gasteiger partial charge in [0.05, 0.1) is 42.1 Å². The van der Waals surface area contributed by atoms with Gasteiger partial charge in [-0.3, -0.25) is 9.59 Å². The molecule has 0 radical (unpaired) electrons. The molecule has 2 aromatic heterocycles. The van der Waals surface area contributed by atoms with Crippen molar-refractivity contribution in [1.82, 2.24) is 29.1 Å². The highest BCUT2D eigenvalue weighted by atomic mass is 32.2. The first-order valence-corrected chi connectivity index (χ1v) is 17.0. The highest BCUT2D eigenvalue weighted by molar-refractivity contribution is 7.92. The van der Waals surface area contributed by atoms with Crippen molar-refractivity contribution < 1.29 is 19.2 Å². The van der Waals surface area contributed by atoms with Gasteiger partial charge in [-0.2, -0.15) is 10.1 Å². The van der Waals surface area contributed by atoms with Crippen molar-refractivity contribution in [2.75, 3.05) is 24.4 Å². The molecule has 1 unspecified atom stereocenters. The molecule has 46 heavy (non-hydrogen) atoms. The Balaban J connectivity index is 1.53. The second-order valence-electron chi connectivity index (χ2n) is 11.8. The third kappa shape index (κ3) is 7.30. The minimum atomic E-state index is -1.67. The molecule has 12 heteroatoms. The van der Waals surface area contributed by atoms with Gasteiger partial charge in [-0.05, 0) is 61.6 Å². The summed E-state index contributed by atoms with van der Waals surface area (Å²) >= 11 is -1.67. The lowest BCUT2D eigenvalue weighted by molar-refractivity contribution is 0.0544. The summed E-state index contributed by atoms with van der Waals surface area (Å²) < 4.78 is 19.4. The van der Waals surface area contributed by atoms with Gasteiger partial charge < -0.3 is 24.0 Å². The molecule has 5 rings (SSSR count). The Bertz CT molecular complexity index is 1660. The molecule has 0 bridgehead atoms. The third-order valence-electron chi connectivity index (χ3n) is 8.32. The normalized spacial score (nSPS) is 15.0. The number of nitrogens with one attached hydrogen (secondary N) is 1. The molecule has 4 aromatic rings. The van der Waals surface area contributed by atoms with Crippen molar-refractivity contribution in [3.05, 3.63) is 89.1 Å². The van der Waals surface area contributed by atoms with E-state index in [9.17, 15) is 19.2 Å². The summed E-state index contributed by atoms with van der Waals surface area (Å²) in [5.41, 5.74) is 4.40. The maximum Gasteiger partial charge on any atom is 0.289 e. The molecule has 2 N–H and O–H groups in total. The lowest BCUT2D eigenvalue weighted by Gasteiger charge is -2.36. The van der Waals surface area contributed by atoms with E-state index >= 15 is 0 Å². The average molecular weight is 646 g/mol. The van der Waals surface area contributed by atoms with E-state index in [1.54, 1.807) is 58.0 Å². The lowest BCUT2D eigenvalue weighted by atomic mass is 9.93. The Hall–Kier alpha value is -4.13. The van der Waals surface area contributed by atoms with Crippen molar-refractivity contribution >= 4 is 28.9 Å². The number of aliphatic hydroxyl groups excluding tert-OH is 1. The molecule has 2 atom stereocenters. The number of anilines is 1. The van der Waals surface area contributed by atoms with Crippen molar-refractivity contribution in [2.24, 2.45) is 7.05 Å². The number of amides is 2. The first kappa shape index (κ1) is 33.2. The molecule has 11 nitrogen and oxygen atoms in total. The van der Waals surface area contributed by atoms with E-state index in [2.05, 4.69) is 23.6 Å². The first-order valence-electron chi connectivity index (χ1n) is 15.9. The first-order chi connectivity index (χ1) is 22.2. The Labute approximate surface area is 273 Å². The van der Waals surface area contributed by atoms with Crippen LogP contribution in [0.5, 0.6) is 0 Å². The zero-order chi connectivity index (χ0) is 32.8. The SMILES string of the molecule is CCCCN(CCCC)C(=O)c1cc(C)n(-c2ccc(N[S+]([O-])c3cn(C)cn3)cc2C(=O)N2Cc3ccccc3C[C@H]2CO)n1. The molecule has 244 valence electrons. The number of hydrogen-bond acceptors (Lipinski definition) is 7. The van der Waals surface area contributed by atoms with Crippen LogP contribution in [0.3, 0.4) is 0 Å². The van der Waals surface area contributed by atoms with Crippen LogP contribution in [0.1, 0.15) is 77.2 Å². The van der Waals surface area contributed by atoms with Gasteiger partial charge in [-0.25, -0.2) is 9.40 Å². The maximum absolute atomic E-state index is 14.5. The Morgan fingerprint density at radius 1 is 1.09 bits per heavy atom. The molecule has 0 spiro atoms. The highest BCUT2D eigenvalue weighted by Gasteiger charge is 2.32. The molecule has 0 saturated carbocycles. The van der Waals surface area contributed by atoms with Crippen LogP contribution in [0, 0.1) is 6.92 Å². The predicted molar refractivity (Wildman–Crippen MR) is 178 cm³/mol. The minimum Gasteiger partial charge on any atom is -0.587 e. The van der Waals surface area contributed by atoms with Gasteiger partial charge in [0, 0.05) is 32.4 Å².